The molecular weight excluding hydrogens is 1220 g/mol. The van der Waals surface area contributed by atoms with E-state index in [1.807, 2.05) is 0 Å². The molecular formula is C87H152NO8P. The lowest BCUT2D eigenvalue weighted by atomic mass is 10.0. The van der Waals surface area contributed by atoms with E-state index in [4.69, 9.17) is 24.3 Å². The maximum absolute atomic E-state index is 12.8. The van der Waals surface area contributed by atoms with Crippen LogP contribution >= 0.6 is 7.82 Å². The first-order valence-electron chi connectivity index (χ1n) is 40.7. The van der Waals surface area contributed by atoms with E-state index in [1.54, 1.807) is 0 Å². The Morgan fingerprint density at radius 3 is 0.856 bits per heavy atom. The van der Waals surface area contributed by atoms with E-state index in [9.17, 15) is 19.0 Å². The van der Waals surface area contributed by atoms with Crippen LogP contribution in [-0.4, -0.2) is 49.3 Å². The van der Waals surface area contributed by atoms with Crippen LogP contribution in [0, 0.1) is 0 Å². The summed E-state index contributed by atoms with van der Waals surface area (Å²) in [6, 6.07) is 0. The lowest BCUT2D eigenvalue weighted by Crippen LogP contribution is -2.29. The van der Waals surface area contributed by atoms with Crippen LogP contribution in [0.3, 0.4) is 0 Å². The Balaban J connectivity index is 3.86. The van der Waals surface area contributed by atoms with Gasteiger partial charge in [-0.3, -0.25) is 18.6 Å². The second-order valence-electron chi connectivity index (χ2n) is 26.9. The van der Waals surface area contributed by atoms with Gasteiger partial charge in [-0.25, -0.2) is 4.57 Å². The minimum atomic E-state index is -4.41. The van der Waals surface area contributed by atoms with Crippen LogP contribution in [0.15, 0.2) is 134 Å². The van der Waals surface area contributed by atoms with Gasteiger partial charge >= 0.3 is 19.8 Å². The average molecular weight is 1370 g/mol. The van der Waals surface area contributed by atoms with Crippen molar-refractivity contribution in [3.63, 3.8) is 0 Å². The quantitative estimate of drug-likeness (QED) is 0.0264. The molecule has 2 unspecified atom stereocenters. The molecule has 0 saturated heterocycles. The van der Waals surface area contributed by atoms with Crippen molar-refractivity contribution in [2.75, 3.05) is 26.4 Å². The van der Waals surface area contributed by atoms with Gasteiger partial charge in [-0.05, 0) is 116 Å². The smallest absolute Gasteiger partial charge is 0.462 e. The highest BCUT2D eigenvalue weighted by atomic mass is 31.2. The summed E-state index contributed by atoms with van der Waals surface area (Å²) < 4.78 is 33.3. The Morgan fingerprint density at radius 1 is 0.320 bits per heavy atom. The first-order valence-corrected chi connectivity index (χ1v) is 42.2. The number of allylic oxidation sites excluding steroid dienone is 22. The minimum Gasteiger partial charge on any atom is -0.462 e. The number of carbonyl (C=O) groups excluding carboxylic acids is 2. The Kier molecular flexibility index (Phi) is 77.9. The molecule has 0 rings (SSSR count). The summed E-state index contributed by atoms with van der Waals surface area (Å²) >= 11 is 0. The monoisotopic (exact) mass is 1370 g/mol. The molecule has 0 aliphatic rings. The number of rotatable bonds is 76. The van der Waals surface area contributed by atoms with Crippen molar-refractivity contribution in [1.82, 2.24) is 0 Å². The molecule has 10 heteroatoms. The van der Waals surface area contributed by atoms with Crippen molar-refractivity contribution < 1.29 is 37.6 Å². The zero-order chi connectivity index (χ0) is 70.0. The number of hydrogen-bond donors (Lipinski definition) is 2. The standard InChI is InChI=1S/C87H152NO8P/c1-3-5-7-9-11-13-15-17-19-21-23-25-27-29-31-33-35-37-39-41-42-44-45-47-49-51-53-55-57-59-61-63-65-67-69-71-73-75-77-79-86(89)93-83-85(84-95-97(91,92)94-82-81-88)96-87(90)80-78-76-74-72-70-68-66-64-62-60-58-56-54-52-50-48-46-43-40-38-36-34-32-30-28-26-24-22-20-18-16-14-12-10-8-6-4-2/h6,8,12,14,18,20-21,23-24,26,30,32,36,38,43,46,50,52,56,58,62,64,85H,3-5,7,9-11,13,15-17,19,22,25,27-29,31,33-35,37,39-42,44-45,47-49,51,53-55,57,59-61,63,65-84,88H2,1-2H3,(H,91,92)/b8-6-,14-12-,20-18-,23-21-,26-24-,32-30-,38-36-,46-43-,52-50-,58-56-,64-62-. The zero-order valence-corrected chi connectivity index (χ0v) is 63.9. The topological polar surface area (TPSA) is 134 Å². The summed E-state index contributed by atoms with van der Waals surface area (Å²) in [4.78, 5) is 35.5. The van der Waals surface area contributed by atoms with Crippen LogP contribution in [0.2, 0.25) is 0 Å². The fraction of sp³-hybridized carbons (Fsp3) is 0.724. The summed E-state index contributed by atoms with van der Waals surface area (Å²) in [5.41, 5.74) is 5.41. The number of hydrogen-bond acceptors (Lipinski definition) is 8. The number of ether oxygens (including phenoxy) is 2. The van der Waals surface area contributed by atoms with Gasteiger partial charge in [-0.2, -0.15) is 0 Å². The van der Waals surface area contributed by atoms with Gasteiger partial charge in [-0.15, -0.1) is 0 Å². The number of phosphoric acid groups is 1. The van der Waals surface area contributed by atoms with Crippen LogP contribution in [0.5, 0.6) is 0 Å². The molecule has 0 aromatic rings. The molecule has 0 aliphatic carbocycles. The van der Waals surface area contributed by atoms with Crippen molar-refractivity contribution in [3.05, 3.63) is 134 Å². The molecule has 9 nitrogen and oxygen atoms in total. The number of carbonyl (C=O) groups is 2. The van der Waals surface area contributed by atoms with Gasteiger partial charge in [0.05, 0.1) is 13.2 Å². The summed E-state index contributed by atoms with van der Waals surface area (Å²) in [5, 5.41) is 0. The number of esters is 2. The number of nitrogens with two attached hydrogens (primary N) is 1. The molecule has 3 N–H and O–H groups in total. The summed E-state index contributed by atoms with van der Waals surface area (Å²) in [5.74, 6) is -0.838. The zero-order valence-electron chi connectivity index (χ0n) is 63.0. The molecule has 0 bridgehead atoms. The minimum absolute atomic E-state index is 0.0460. The highest BCUT2D eigenvalue weighted by Crippen LogP contribution is 2.43. The highest BCUT2D eigenvalue weighted by molar-refractivity contribution is 7.47. The predicted octanol–water partition coefficient (Wildman–Crippen LogP) is 27.5. The molecule has 0 spiro atoms. The van der Waals surface area contributed by atoms with E-state index in [0.717, 1.165) is 122 Å². The molecule has 0 fully saturated rings. The van der Waals surface area contributed by atoms with Crippen molar-refractivity contribution >= 4 is 19.8 Å². The highest BCUT2D eigenvalue weighted by Gasteiger charge is 2.26. The van der Waals surface area contributed by atoms with Crippen LogP contribution < -0.4 is 5.73 Å². The van der Waals surface area contributed by atoms with Crippen LogP contribution in [0.4, 0.5) is 0 Å². The molecule has 558 valence electrons. The van der Waals surface area contributed by atoms with Crippen molar-refractivity contribution in [2.24, 2.45) is 5.73 Å². The van der Waals surface area contributed by atoms with E-state index in [-0.39, 0.29) is 38.6 Å². The first-order chi connectivity index (χ1) is 47.8. The van der Waals surface area contributed by atoms with E-state index < -0.39 is 26.5 Å². The van der Waals surface area contributed by atoms with Gasteiger partial charge in [0.1, 0.15) is 6.61 Å². The normalized spacial score (nSPS) is 13.6. The summed E-state index contributed by atoms with van der Waals surface area (Å²) in [6.07, 6.45) is 116. The Labute approximate surface area is 599 Å². The number of unbranched alkanes of at least 4 members (excludes halogenated alkanes) is 41. The van der Waals surface area contributed by atoms with Crippen LogP contribution in [0.25, 0.3) is 0 Å². The van der Waals surface area contributed by atoms with E-state index in [2.05, 4.69) is 148 Å². The SMILES string of the molecule is CC/C=C\C/C=C\C/C=C\C/C=C\C/C=C\C/C=C\C/C=C\C/C=C\C/C=C\C/C=C\CCCCCCCCC(=O)OC(COC(=O)CCCCCCCCCCCCCCCCCCCCCCCCCCCCC/C=C\CCCCCCCCCC)COP(=O)(O)OCCN. The van der Waals surface area contributed by atoms with Gasteiger partial charge in [0.15, 0.2) is 6.10 Å². The Bertz CT molecular complexity index is 2060. The third-order valence-corrected chi connectivity index (χ3v) is 18.5. The number of phosphoric ester groups is 1. The third kappa shape index (κ3) is 81.0. The van der Waals surface area contributed by atoms with Gasteiger partial charge < -0.3 is 20.1 Å². The van der Waals surface area contributed by atoms with Crippen LogP contribution in [0.1, 0.15) is 373 Å². The second kappa shape index (κ2) is 81.1. The maximum Gasteiger partial charge on any atom is 0.472 e. The summed E-state index contributed by atoms with van der Waals surface area (Å²) in [7, 11) is -4.41. The molecule has 0 amide bonds. The van der Waals surface area contributed by atoms with Gasteiger partial charge in [0.2, 0.25) is 0 Å². The molecule has 0 radical (unpaired) electrons. The molecule has 0 aliphatic heterocycles. The Hall–Kier alpha value is -3.85. The molecule has 2 atom stereocenters. The lowest BCUT2D eigenvalue weighted by molar-refractivity contribution is -0.161. The second-order valence-corrected chi connectivity index (χ2v) is 28.4. The molecule has 0 heterocycles. The first kappa shape index (κ1) is 93.2. The third-order valence-electron chi connectivity index (χ3n) is 17.5. The lowest BCUT2D eigenvalue weighted by Gasteiger charge is -2.19. The van der Waals surface area contributed by atoms with Crippen LogP contribution in [-0.2, 0) is 32.7 Å². The molecule has 0 saturated carbocycles. The largest absolute Gasteiger partial charge is 0.472 e. The Morgan fingerprint density at radius 2 is 0.567 bits per heavy atom. The van der Waals surface area contributed by atoms with Gasteiger partial charge in [0, 0.05) is 19.4 Å². The maximum atomic E-state index is 12.8. The fourth-order valence-electron chi connectivity index (χ4n) is 11.5. The summed E-state index contributed by atoms with van der Waals surface area (Å²) in [6.45, 7) is 3.65. The fourth-order valence-corrected chi connectivity index (χ4v) is 12.3. The predicted molar refractivity (Wildman–Crippen MR) is 422 cm³/mol. The van der Waals surface area contributed by atoms with E-state index in [0.29, 0.717) is 6.42 Å². The van der Waals surface area contributed by atoms with E-state index in [1.165, 1.54) is 218 Å². The molecule has 0 aromatic heterocycles. The van der Waals surface area contributed by atoms with Crippen molar-refractivity contribution in [3.8, 4) is 0 Å². The van der Waals surface area contributed by atoms with E-state index >= 15 is 0 Å². The average Bonchev–Trinajstić information content (AvgIpc) is 2.17. The molecule has 97 heavy (non-hydrogen) atoms. The van der Waals surface area contributed by atoms with Crippen molar-refractivity contribution in [2.45, 2.75) is 380 Å². The van der Waals surface area contributed by atoms with Crippen molar-refractivity contribution in [1.29, 1.82) is 0 Å². The van der Waals surface area contributed by atoms with Gasteiger partial charge in [-0.1, -0.05) is 379 Å². The van der Waals surface area contributed by atoms with Gasteiger partial charge in [0.25, 0.3) is 0 Å². The molecule has 0 aromatic carbocycles.